The highest BCUT2D eigenvalue weighted by Crippen LogP contribution is 2.19. The molecule has 0 fully saturated rings. The van der Waals surface area contributed by atoms with Gasteiger partial charge in [-0.25, -0.2) is 0 Å². The van der Waals surface area contributed by atoms with Crippen molar-refractivity contribution in [2.45, 2.75) is 26.4 Å². The summed E-state index contributed by atoms with van der Waals surface area (Å²) in [6.07, 6.45) is 0.0474. The second-order valence-electron chi connectivity index (χ2n) is 4.77. The normalized spacial score (nSPS) is 11.8. The number of amides is 1. The highest BCUT2D eigenvalue weighted by molar-refractivity contribution is 6.30. The molecule has 0 saturated carbocycles. The Morgan fingerprint density at radius 1 is 1.19 bits per heavy atom. The first-order valence-electron chi connectivity index (χ1n) is 6.89. The summed E-state index contributed by atoms with van der Waals surface area (Å²) in [4.78, 5) is 12.3. The van der Waals surface area contributed by atoms with E-state index in [-0.39, 0.29) is 5.91 Å². The van der Waals surface area contributed by atoms with Crippen LogP contribution in [0.5, 0.6) is 5.75 Å². The molecule has 2 rings (SSSR count). The van der Waals surface area contributed by atoms with Crippen molar-refractivity contribution in [3.63, 3.8) is 0 Å². The molecular formula is C17H18ClNO2. The monoisotopic (exact) mass is 303 g/mol. The van der Waals surface area contributed by atoms with Crippen molar-refractivity contribution in [3.05, 3.63) is 59.1 Å². The van der Waals surface area contributed by atoms with Crippen LogP contribution in [0.3, 0.4) is 0 Å². The molecule has 0 heterocycles. The number of hydrogen-bond acceptors (Lipinski definition) is 2. The van der Waals surface area contributed by atoms with Crippen LogP contribution in [0.2, 0.25) is 5.02 Å². The number of carbonyl (C=O) groups is 1. The van der Waals surface area contributed by atoms with Crippen LogP contribution in [0, 0.1) is 6.92 Å². The van der Waals surface area contributed by atoms with Gasteiger partial charge in [-0.05, 0) is 49.2 Å². The van der Waals surface area contributed by atoms with Crippen LogP contribution in [-0.2, 0) is 4.79 Å². The molecule has 1 N–H and O–H groups in total. The lowest BCUT2D eigenvalue weighted by molar-refractivity contribution is -0.122. The van der Waals surface area contributed by atoms with E-state index in [4.69, 9.17) is 16.3 Å². The van der Waals surface area contributed by atoms with Crippen molar-refractivity contribution in [1.29, 1.82) is 0 Å². The zero-order valence-electron chi connectivity index (χ0n) is 12.1. The first-order valence-corrected chi connectivity index (χ1v) is 7.26. The van der Waals surface area contributed by atoms with Crippen LogP contribution in [0.1, 0.15) is 18.9 Å². The molecule has 1 unspecified atom stereocenters. The van der Waals surface area contributed by atoms with Crippen LogP contribution in [0.4, 0.5) is 5.69 Å². The number of carbonyl (C=O) groups excluding carboxylic acids is 1. The predicted octanol–water partition coefficient (Wildman–Crippen LogP) is 4.44. The average molecular weight is 304 g/mol. The molecule has 0 aliphatic heterocycles. The van der Waals surface area contributed by atoms with Gasteiger partial charge in [0.1, 0.15) is 5.75 Å². The summed E-state index contributed by atoms with van der Waals surface area (Å²) in [5, 5.41) is 3.54. The van der Waals surface area contributed by atoms with Gasteiger partial charge in [0, 0.05) is 10.7 Å². The quantitative estimate of drug-likeness (QED) is 0.886. The van der Waals surface area contributed by atoms with Gasteiger partial charge in [0.2, 0.25) is 0 Å². The van der Waals surface area contributed by atoms with Gasteiger partial charge in [-0.1, -0.05) is 36.7 Å². The van der Waals surface area contributed by atoms with E-state index in [1.54, 1.807) is 24.3 Å². The summed E-state index contributed by atoms with van der Waals surface area (Å²) in [5.74, 6) is 0.480. The molecule has 4 heteroatoms. The lowest BCUT2D eigenvalue weighted by Gasteiger charge is -2.18. The molecule has 2 aromatic rings. The number of halogens is 1. The Morgan fingerprint density at radius 2 is 1.86 bits per heavy atom. The van der Waals surface area contributed by atoms with Crippen LogP contribution < -0.4 is 10.1 Å². The molecule has 3 nitrogen and oxygen atoms in total. The third kappa shape index (κ3) is 4.23. The molecule has 0 bridgehead atoms. The van der Waals surface area contributed by atoms with Crippen LogP contribution in [-0.4, -0.2) is 12.0 Å². The Labute approximate surface area is 129 Å². The Kier molecular flexibility index (Phi) is 5.23. The number of para-hydroxylation sites is 1. The minimum absolute atomic E-state index is 0.151. The fourth-order valence-electron chi connectivity index (χ4n) is 1.93. The number of rotatable bonds is 5. The SMILES string of the molecule is CCC(Oc1ccc(Cl)cc1)C(=O)Nc1ccccc1C. The molecule has 1 atom stereocenters. The molecule has 0 aromatic heterocycles. The van der Waals surface area contributed by atoms with Crippen molar-refractivity contribution < 1.29 is 9.53 Å². The first-order chi connectivity index (χ1) is 10.1. The van der Waals surface area contributed by atoms with Crippen molar-refractivity contribution in [1.82, 2.24) is 0 Å². The lowest BCUT2D eigenvalue weighted by Crippen LogP contribution is -2.32. The smallest absolute Gasteiger partial charge is 0.265 e. The summed E-state index contributed by atoms with van der Waals surface area (Å²) in [5.41, 5.74) is 1.83. The zero-order chi connectivity index (χ0) is 15.2. The Bertz CT molecular complexity index is 610. The maximum atomic E-state index is 12.3. The van der Waals surface area contributed by atoms with Gasteiger partial charge in [-0.2, -0.15) is 0 Å². The molecule has 110 valence electrons. The topological polar surface area (TPSA) is 38.3 Å². The van der Waals surface area contributed by atoms with E-state index < -0.39 is 6.10 Å². The second-order valence-corrected chi connectivity index (χ2v) is 5.21. The fraction of sp³-hybridized carbons (Fsp3) is 0.235. The van der Waals surface area contributed by atoms with Gasteiger partial charge in [0.05, 0.1) is 0 Å². The summed E-state index contributed by atoms with van der Waals surface area (Å²) < 4.78 is 5.72. The number of hydrogen-bond donors (Lipinski definition) is 1. The molecule has 1 amide bonds. The summed E-state index contributed by atoms with van der Waals surface area (Å²) in [6, 6.07) is 14.7. The Hall–Kier alpha value is -2.00. The summed E-state index contributed by atoms with van der Waals surface area (Å²) >= 11 is 5.83. The third-order valence-electron chi connectivity index (χ3n) is 3.16. The third-order valence-corrected chi connectivity index (χ3v) is 3.41. The molecule has 21 heavy (non-hydrogen) atoms. The average Bonchev–Trinajstić information content (AvgIpc) is 2.49. The number of aryl methyl sites for hydroxylation is 1. The van der Waals surface area contributed by atoms with E-state index in [1.807, 2.05) is 38.1 Å². The van der Waals surface area contributed by atoms with E-state index >= 15 is 0 Å². The van der Waals surface area contributed by atoms with E-state index in [9.17, 15) is 4.79 Å². The molecule has 0 radical (unpaired) electrons. The molecule has 2 aromatic carbocycles. The molecule has 0 spiro atoms. The van der Waals surface area contributed by atoms with E-state index in [1.165, 1.54) is 0 Å². The second kappa shape index (κ2) is 7.14. The maximum absolute atomic E-state index is 12.3. The Morgan fingerprint density at radius 3 is 2.48 bits per heavy atom. The molecule has 0 aliphatic carbocycles. The zero-order valence-corrected chi connectivity index (χ0v) is 12.9. The lowest BCUT2D eigenvalue weighted by atomic mass is 10.2. The first kappa shape index (κ1) is 15.4. The van der Waals surface area contributed by atoms with Crippen molar-refractivity contribution in [2.75, 3.05) is 5.32 Å². The number of nitrogens with one attached hydrogen (secondary N) is 1. The van der Waals surface area contributed by atoms with E-state index in [0.29, 0.717) is 17.2 Å². The summed E-state index contributed by atoms with van der Waals surface area (Å²) in [7, 11) is 0. The van der Waals surface area contributed by atoms with E-state index in [0.717, 1.165) is 11.3 Å². The maximum Gasteiger partial charge on any atom is 0.265 e. The molecule has 0 aliphatic rings. The highest BCUT2D eigenvalue weighted by atomic mass is 35.5. The Balaban J connectivity index is 2.05. The molecular weight excluding hydrogens is 286 g/mol. The number of ether oxygens (including phenoxy) is 1. The minimum Gasteiger partial charge on any atom is -0.481 e. The number of benzene rings is 2. The van der Waals surface area contributed by atoms with Gasteiger partial charge < -0.3 is 10.1 Å². The summed E-state index contributed by atoms with van der Waals surface area (Å²) in [6.45, 7) is 3.87. The van der Waals surface area contributed by atoms with Gasteiger partial charge >= 0.3 is 0 Å². The van der Waals surface area contributed by atoms with Gasteiger partial charge in [0.15, 0.2) is 6.10 Å². The van der Waals surface area contributed by atoms with Crippen molar-refractivity contribution in [2.24, 2.45) is 0 Å². The van der Waals surface area contributed by atoms with Crippen LogP contribution in [0.25, 0.3) is 0 Å². The van der Waals surface area contributed by atoms with Crippen LogP contribution in [0.15, 0.2) is 48.5 Å². The van der Waals surface area contributed by atoms with Crippen molar-refractivity contribution >= 4 is 23.2 Å². The van der Waals surface area contributed by atoms with Gasteiger partial charge in [-0.15, -0.1) is 0 Å². The number of anilines is 1. The largest absolute Gasteiger partial charge is 0.481 e. The fourth-order valence-corrected chi connectivity index (χ4v) is 2.05. The van der Waals surface area contributed by atoms with E-state index in [2.05, 4.69) is 5.32 Å². The standard InChI is InChI=1S/C17H18ClNO2/c1-3-16(21-14-10-8-13(18)9-11-14)17(20)19-15-7-5-4-6-12(15)2/h4-11,16H,3H2,1-2H3,(H,19,20). The van der Waals surface area contributed by atoms with Crippen LogP contribution >= 0.6 is 11.6 Å². The van der Waals surface area contributed by atoms with Crippen molar-refractivity contribution in [3.8, 4) is 5.75 Å². The highest BCUT2D eigenvalue weighted by Gasteiger charge is 2.19. The predicted molar refractivity (Wildman–Crippen MR) is 86.0 cm³/mol. The van der Waals surface area contributed by atoms with Gasteiger partial charge in [0.25, 0.3) is 5.91 Å². The van der Waals surface area contributed by atoms with Gasteiger partial charge in [-0.3, -0.25) is 4.79 Å². The molecule has 0 saturated heterocycles. The minimum atomic E-state index is -0.536.